The van der Waals surface area contributed by atoms with Gasteiger partial charge >= 0.3 is 0 Å². The first-order valence-corrected chi connectivity index (χ1v) is 8.88. The van der Waals surface area contributed by atoms with E-state index in [1.165, 1.54) is 11.3 Å². The van der Waals surface area contributed by atoms with Crippen LogP contribution in [0, 0.1) is 0 Å². The summed E-state index contributed by atoms with van der Waals surface area (Å²) in [5.41, 5.74) is 4.31. The lowest BCUT2D eigenvalue weighted by molar-refractivity contribution is -0.122. The van der Waals surface area contributed by atoms with Crippen molar-refractivity contribution in [2.45, 2.75) is 19.1 Å². The third kappa shape index (κ3) is 3.49. The molecule has 1 N–H and O–H groups in total. The quantitative estimate of drug-likeness (QED) is 0.761. The second-order valence-corrected chi connectivity index (χ2v) is 6.39. The van der Waals surface area contributed by atoms with E-state index in [9.17, 15) is 4.79 Å². The van der Waals surface area contributed by atoms with Crippen LogP contribution in [0.1, 0.15) is 11.3 Å². The molecule has 1 aromatic heterocycles. The first-order valence-electron chi connectivity index (χ1n) is 7.94. The first kappa shape index (κ1) is 15.7. The molecule has 2 aromatic carbocycles. The molecule has 3 aromatic rings. The lowest BCUT2D eigenvalue weighted by Crippen LogP contribution is -2.31. The molecule has 0 unspecified atom stereocenters. The maximum Gasteiger partial charge on any atom is 0.265 e. The van der Waals surface area contributed by atoms with E-state index < -0.39 is 6.10 Å². The van der Waals surface area contributed by atoms with Crippen LogP contribution in [0.5, 0.6) is 11.5 Å². The Morgan fingerprint density at radius 2 is 2.08 bits per heavy atom. The van der Waals surface area contributed by atoms with Crippen molar-refractivity contribution >= 4 is 22.9 Å². The van der Waals surface area contributed by atoms with E-state index in [4.69, 9.17) is 9.47 Å². The lowest BCUT2D eigenvalue weighted by Gasteiger charge is -2.14. The van der Waals surface area contributed by atoms with Gasteiger partial charge in [-0.25, -0.2) is 4.98 Å². The van der Waals surface area contributed by atoms with Crippen molar-refractivity contribution < 1.29 is 14.3 Å². The summed E-state index contributed by atoms with van der Waals surface area (Å²) in [4.78, 5) is 16.8. The van der Waals surface area contributed by atoms with Gasteiger partial charge in [0, 0.05) is 11.8 Å². The summed E-state index contributed by atoms with van der Waals surface area (Å²) in [7, 11) is 0. The number of nitrogens with zero attached hydrogens (tertiary/aromatic N) is 1. The number of amides is 1. The van der Waals surface area contributed by atoms with Gasteiger partial charge in [0.05, 0.1) is 16.9 Å². The van der Waals surface area contributed by atoms with Gasteiger partial charge in [0.2, 0.25) is 0 Å². The summed E-state index contributed by atoms with van der Waals surface area (Å²) >= 11 is 1.52. The SMILES string of the molecule is O=C(Nc1ccccc1OCc1cscn1)[C@@H]1Cc2ccccc2O1. The number of carbonyl (C=O) groups is 1. The second kappa shape index (κ2) is 6.94. The van der Waals surface area contributed by atoms with Gasteiger partial charge < -0.3 is 14.8 Å². The summed E-state index contributed by atoms with van der Waals surface area (Å²) in [6, 6.07) is 15.1. The normalized spacial score (nSPS) is 15.3. The third-order valence-electron chi connectivity index (χ3n) is 3.94. The minimum absolute atomic E-state index is 0.180. The fourth-order valence-corrected chi connectivity index (χ4v) is 3.24. The van der Waals surface area contributed by atoms with Gasteiger partial charge in [-0.3, -0.25) is 4.79 Å². The van der Waals surface area contributed by atoms with Crippen molar-refractivity contribution in [2.24, 2.45) is 0 Å². The van der Waals surface area contributed by atoms with Crippen LogP contribution < -0.4 is 14.8 Å². The highest BCUT2D eigenvalue weighted by atomic mass is 32.1. The molecule has 1 aliphatic rings. The van der Waals surface area contributed by atoms with Gasteiger partial charge in [0.25, 0.3) is 5.91 Å². The molecule has 0 aliphatic carbocycles. The van der Waals surface area contributed by atoms with Crippen LogP contribution >= 0.6 is 11.3 Å². The predicted molar refractivity (Wildman–Crippen MR) is 96.1 cm³/mol. The maximum absolute atomic E-state index is 12.6. The summed E-state index contributed by atoms with van der Waals surface area (Å²) in [5, 5.41) is 4.85. The first-order chi connectivity index (χ1) is 12.3. The highest BCUT2D eigenvalue weighted by Crippen LogP contribution is 2.30. The molecule has 0 radical (unpaired) electrons. The molecule has 5 nitrogen and oxygen atoms in total. The van der Waals surface area contributed by atoms with Crippen LogP contribution in [0.25, 0.3) is 0 Å². The van der Waals surface area contributed by atoms with Crippen LogP contribution in [0.4, 0.5) is 5.69 Å². The molecule has 0 spiro atoms. The average molecular weight is 352 g/mol. The number of para-hydroxylation sites is 3. The third-order valence-corrected chi connectivity index (χ3v) is 4.58. The molecule has 1 atom stereocenters. The predicted octanol–water partition coefficient (Wildman–Crippen LogP) is 3.66. The Labute approximate surface area is 149 Å². The summed E-state index contributed by atoms with van der Waals surface area (Å²) in [6.45, 7) is 0.363. The highest BCUT2D eigenvalue weighted by Gasteiger charge is 2.29. The van der Waals surface area contributed by atoms with Crippen molar-refractivity contribution in [2.75, 3.05) is 5.32 Å². The minimum Gasteiger partial charge on any atom is -0.485 e. The minimum atomic E-state index is -0.524. The molecule has 0 bridgehead atoms. The van der Waals surface area contributed by atoms with Crippen LogP contribution in [-0.4, -0.2) is 17.0 Å². The Kier molecular flexibility index (Phi) is 4.35. The zero-order valence-corrected chi connectivity index (χ0v) is 14.2. The molecule has 6 heteroatoms. The van der Waals surface area contributed by atoms with E-state index >= 15 is 0 Å². The molecule has 1 amide bonds. The van der Waals surface area contributed by atoms with E-state index in [-0.39, 0.29) is 5.91 Å². The number of hydrogen-bond acceptors (Lipinski definition) is 5. The molecule has 126 valence electrons. The Balaban J connectivity index is 1.43. The number of ether oxygens (including phenoxy) is 2. The Hall–Kier alpha value is -2.86. The fraction of sp³-hybridized carbons (Fsp3) is 0.158. The van der Waals surface area contributed by atoms with E-state index in [2.05, 4.69) is 10.3 Å². The molecule has 1 aliphatic heterocycles. The van der Waals surface area contributed by atoms with Crippen molar-refractivity contribution in [3.8, 4) is 11.5 Å². The lowest BCUT2D eigenvalue weighted by atomic mass is 10.1. The summed E-state index contributed by atoms with van der Waals surface area (Å²) in [5.74, 6) is 1.20. The van der Waals surface area contributed by atoms with Crippen molar-refractivity contribution in [1.82, 2.24) is 4.98 Å². The number of carbonyl (C=O) groups excluding carboxylic acids is 1. The average Bonchev–Trinajstić information content (AvgIpc) is 3.30. The van der Waals surface area contributed by atoms with Gasteiger partial charge in [0.1, 0.15) is 18.1 Å². The molecular formula is C19H16N2O3S. The standard InChI is InChI=1S/C19H16N2O3S/c22-19(18-9-13-5-1-3-7-16(13)24-18)21-15-6-2-4-8-17(15)23-10-14-11-25-12-20-14/h1-8,11-12,18H,9-10H2,(H,21,22)/t18-/m0/s1. The number of rotatable bonds is 5. The van der Waals surface area contributed by atoms with Crippen molar-refractivity contribution in [3.63, 3.8) is 0 Å². The number of anilines is 1. The Morgan fingerprint density at radius 3 is 2.92 bits per heavy atom. The fourth-order valence-electron chi connectivity index (χ4n) is 2.70. The Morgan fingerprint density at radius 1 is 1.24 bits per heavy atom. The topological polar surface area (TPSA) is 60.5 Å². The number of fused-ring (bicyclic) bond motifs is 1. The second-order valence-electron chi connectivity index (χ2n) is 5.67. The van der Waals surface area contributed by atoms with E-state index in [0.717, 1.165) is 17.0 Å². The van der Waals surface area contributed by atoms with Crippen LogP contribution in [0.3, 0.4) is 0 Å². The molecule has 25 heavy (non-hydrogen) atoms. The van der Waals surface area contributed by atoms with E-state index in [1.807, 2.05) is 53.9 Å². The Bertz CT molecular complexity index is 855. The van der Waals surface area contributed by atoms with Gasteiger partial charge in [0.15, 0.2) is 6.10 Å². The number of aromatic nitrogens is 1. The monoisotopic (exact) mass is 352 g/mol. The van der Waals surface area contributed by atoms with E-state index in [1.54, 1.807) is 5.51 Å². The van der Waals surface area contributed by atoms with Gasteiger partial charge in [-0.1, -0.05) is 30.3 Å². The molecule has 0 saturated carbocycles. The van der Waals surface area contributed by atoms with Gasteiger partial charge in [-0.2, -0.15) is 0 Å². The van der Waals surface area contributed by atoms with E-state index in [0.29, 0.717) is 24.5 Å². The number of benzene rings is 2. The molecule has 2 heterocycles. The summed E-state index contributed by atoms with van der Waals surface area (Å²) in [6.07, 6.45) is 0.0492. The summed E-state index contributed by atoms with van der Waals surface area (Å²) < 4.78 is 11.5. The smallest absolute Gasteiger partial charge is 0.265 e. The highest BCUT2D eigenvalue weighted by molar-refractivity contribution is 7.07. The molecule has 0 saturated heterocycles. The van der Waals surface area contributed by atoms with Crippen LogP contribution in [-0.2, 0) is 17.8 Å². The number of thiazole rings is 1. The van der Waals surface area contributed by atoms with Gasteiger partial charge in [-0.15, -0.1) is 11.3 Å². The van der Waals surface area contributed by atoms with Crippen LogP contribution in [0.2, 0.25) is 0 Å². The zero-order chi connectivity index (χ0) is 17.1. The number of hydrogen-bond donors (Lipinski definition) is 1. The number of nitrogens with one attached hydrogen (secondary N) is 1. The molecule has 0 fully saturated rings. The molecule has 4 rings (SSSR count). The van der Waals surface area contributed by atoms with Crippen molar-refractivity contribution in [3.05, 3.63) is 70.7 Å². The maximum atomic E-state index is 12.6. The van der Waals surface area contributed by atoms with Crippen LogP contribution in [0.15, 0.2) is 59.4 Å². The zero-order valence-electron chi connectivity index (χ0n) is 13.3. The van der Waals surface area contributed by atoms with Crippen molar-refractivity contribution in [1.29, 1.82) is 0 Å². The van der Waals surface area contributed by atoms with Gasteiger partial charge in [-0.05, 0) is 23.8 Å². The molecular weight excluding hydrogens is 336 g/mol. The largest absolute Gasteiger partial charge is 0.485 e.